The van der Waals surface area contributed by atoms with Gasteiger partial charge >= 0.3 is 0 Å². The van der Waals surface area contributed by atoms with E-state index >= 15 is 0 Å². The summed E-state index contributed by atoms with van der Waals surface area (Å²) in [5.41, 5.74) is 0.874. The lowest BCUT2D eigenvalue weighted by molar-refractivity contribution is -0.108. The topological polar surface area (TPSA) is 34.6 Å². The Morgan fingerprint density at radius 2 is 2.24 bits per heavy atom. The number of hydrogen-bond acceptors (Lipinski definition) is 6. The molecular weight excluding hydrogens is 256 g/mol. The second-order valence-corrected chi connectivity index (χ2v) is 6.02. The SMILES string of the molecule is COC(OC)c1csc(C2CSCCN2C)n1. The zero-order chi connectivity index (χ0) is 12.3. The summed E-state index contributed by atoms with van der Waals surface area (Å²) in [5.74, 6) is 2.33. The van der Waals surface area contributed by atoms with Gasteiger partial charge in [-0.05, 0) is 7.05 Å². The van der Waals surface area contributed by atoms with Crippen LogP contribution in [0.25, 0.3) is 0 Å². The zero-order valence-electron chi connectivity index (χ0n) is 10.4. The van der Waals surface area contributed by atoms with E-state index in [1.807, 2.05) is 17.1 Å². The molecule has 1 aliphatic rings. The average molecular weight is 274 g/mol. The van der Waals surface area contributed by atoms with Crippen LogP contribution in [0.2, 0.25) is 0 Å². The van der Waals surface area contributed by atoms with Gasteiger partial charge < -0.3 is 9.47 Å². The van der Waals surface area contributed by atoms with Gasteiger partial charge in [-0.15, -0.1) is 11.3 Å². The number of thiazole rings is 1. The van der Waals surface area contributed by atoms with Crippen LogP contribution in [0.4, 0.5) is 0 Å². The van der Waals surface area contributed by atoms with E-state index in [1.54, 1.807) is 25.6 Å². The van der Waals surface area contributed by atoms with E-state index in [0.29, 0.717) is 6.04 Å². The number of thioether (sulfide) groups is 1. The standard InChI is InChI=1S/C11H18N2O2S2/c1-13-4-5-16-7-9(13)10-12-8(6-17-10)11(14-2)15-3/h6,9,11H,4-5,7H2,1-3H3. The molecule has 0 spiro atoms. The van der Waals surface area contributed by atoms with E-state index < -0.39 is 0 Å². The van der Waals surface area contributed by atoms with Crippen molar-refractivity contribution in [3.05, 3.63) is 16.1 Å². The first kappa shape index (κ1) is 13.3. The molecule has 17 heavy (non-hydrogen) atoms. The minimum absolute atomic E-state index is 0.346. The smallest absolute Gasteiger partial charge is 0.201 e. The van der Waals surface area contributed by atoms with Gasteiger partial charge in [-0.2, -0.15) is 11.8 Å². The van der Waals surface area contributed by atoms with E-state index in [0.717, 1.165) is 23.0 Å². The van der Waals surface area contributed by atoms with Crippen molar-refractivity contribution >= 4 is 23.1 Å². The van der Waals surface area contributed by atoms with E-state index in [2.05, 4.69) is 16.9 Å². The maximum atomic E-state index is 5.22. The van der Waals surface area contributed by atoms with E-state index in [1.165, 1.54) is 5.75 Å². The van der Waals surface area contributed by atoms with Gasteiger partial charge in [0.15, 0.2) is 0 Å². The van der Waals surface area contributed by atoms with E-state index in [9.17, 15) is 0 Å². The predicted octanol–water partition coefficient (Wildman–Crippen LogP) is 2.15. The molecule has 96 valence electrons. The van der Waals surface area contributed by atoms with Crippen LogP contribution in [0.5, 0.6) is 0 Å². The Morgan fingerprint density at radius 3 is 2.88 bits per heavy atom. The molecule has 1 aromatic heterocycles. The number of methoxy groups -OCH3 is 2. The van der Waals surface area contributed by atoms with Gasteiger partial charge in [0.1, 0.15) is 10.7 Å². The second-order valence-electron chi connectivity index (χ2n) is 3.99. The molecule has 1 unspecified atom stereocenters. The first-order valence-corrected chi connectivity index (χ1v) is 7.58. The summed E-state index contributed by atoms with van der Waals surface area (Å²) >= 11 is 3.69. The number of aromatic nitrogens is 1. The third kappa shape index (κ3) is 3.00. The Labute approximate surface area is 110 Å². The summed E-state index contributed by atoms with van der Waals surface area (Å²) in [6.07, 6.45) is -0.346. The van der Waals surface area contributed by atoms with Crippen molar-refractivity contribution in [2.24, 2.45) is 0 Å². The van der Waals surface area contributed by atoms with Gasteiger partial charge in [0.25, 0.3) is 0 Å². The maximum absolute atomic E-state index is 5.22. The summed E-state index contributed by atoms with van der Waals surface area (Å²) in [6, 6.07) is 0.432. The highest BCUT2D eigenvalue weighted by molar-refractivity contribution is 7.99. The first-order valence-electron chi connectivity index (χ1n) is 5.55. The summed E-state index contributed by atoms with van der Waals surface area (Å²) in [4.78, 5) is 7.01. The summed E-state index contributed by atoms with van der Waals surface area (Å²) in [6.45, 7) is 1.13. The molecule has 1 aromatic rings. The molecular formula is C11H18N2O2S2. The molecule has 0 saturated carbocycles. The molecule has 2 rings (SSSR count). The van der Waals surface area contributed by atoms with Crippen LogP contribution in [0, 0.1) is 0 Å². The van der Waals surface area contributed by atoms with Crippen molar-refractivity contribution < 1.29 is 9.47 Å². The summed E-state index contributed by atoms with van der Waals surface area (Å²) in [7, 11) is 5.43. The number of rotatable bonds is 4. The third-order valence-corrected chi connectivity index (χ3v) is 4.88. The minimum Gasteiger partial charge on any atom is -0.350 e. The number of hydrogen-bond donors (Lipinski definition) is 0. The quantitative estimate of drug-likeness (QED) is 0.786. The largest absolute Gasteiger partial charge is 0.350 e. The predicted molar refractivity (Wildman–Crippen MR) is 71.6 cm³/mol. The van der Waals surface area contributed by atoms with Crippen LogP contribution < -0.4 is 0 Å². The molecule has 1 saturated heterocycles. The van der Waals surface area contributed by atoms with Gasteiger partial charge in [-0.1, -0.05) is 0 Å². The summed E-state index contributed by atoms with van der Waals surface area (Å²) < 4.78 is 10.4. The van der Waals surface area contributed by atoms with E-state index in [4.69, 9.17) is 9.47 Å². The lowest BCUT2D eigenvalue weighted by Gasteiger charge is -2.30. The van der Waals surface area contributed by atoms with Gasteiger partial charge in [-0.3, -0.25) is 4.90 Å². The number of nitrogens with zero attached hydrogens (tertiary/aromatic N) is 2. The molecule has 6 heteroatoms. The highest BCUT2D eigenvalue weighted by Gasteiger charge is 2.25. The molecule has 0 N–H and O–H groups in total. The monoisotopic (exact) mass is 274 g/mol. The van der Waals surface area contributed by atoms with Crippen molar-refractivity contribution in [3.63, 3.8) is 0 Å². The minimum atomic E-state index is -0.346. The third-order valence-electron chi connectivity index (χ3n) is 2.89. The van der Waals surface area contributed by atoms with Crippen LogP contribution in [-0.4, -0.2) is 49.2 Å². The average Bonchev–Trinajstić information content (AvgIpc) is 2.81. The molecule has 1 aliphatic heterocycles. The molecule has 4 nitrogen and oxygen atoms in total. The van der Waals surface area contributed by atoms with Crippen LogP contribution in [0.1, 0.15) is 23.0 Å². The molecule has 0 aromatic carbocycles. The Hall–Kier alpha value is -0.140. The highest BCUT2D eigenvalue weighted by Crippen LogP contribution is 2.31. The molecule has 0 aliphatic carbocycles. The van der Waals surface area contributed by atoms with Crippen molar-refractivity contribution in [1.29, 1.82) is 0 Å². The van der Waals surface area contributed by atoms with Crippen molar-refractivity contribution in [2.45, 2.75) is 12.3 Å². The molecule has 0 bridgehead atoms. The molecule has 0 radical (unpaired) electrons. The fraction of sp³-hybridized carbons (Fsp3) is 0.727. The van der Waals surface area contributed by atoms with Gasteiger partial charge in [0.05, 0.1) is 6.04 Å². The van der Waals surface area contributed by atoms with Crippen molar-refractivity contribution in [2.75, 3.05) is 39.3 Å². The van der Waals surface area contributed by atoms with Gasteiger partial charge in [-0.25, -0.2) is 4.98 Å². The molecule has 1 fully saturated rings. The Balaban J connectivity index is 2.11. The second kappa shape index (κ2) is 6.15. The Bertz CT molecular complexity index is 355. The lowest BCUT2D eigenvalue weighted by Crippen LogP contribution is -2.32. The zero-order valence-corrected chi connectivity index (χ0v) is 12.0. The fourth-order valence-electron chi connectivity index (χ4n) is 1.85. The van der Waals surface area contributed by atoms with Crippen molar-refractivity contribution in [1.82, 2.24) is 9.88 Å². The first-order chi connectivity index (χ1) is 8.26. The Morgan fingerprint density at radius 1 is 1.47 bits per heavy atom. The fourth-order valence-corrected chi connectivity index (χ4v) is 4.15. The van der Waals surface area contributed by atoms with Crippen LogP contribution in [-0.2, 0) is 9.47 Å². The molecule has 1 atom stereocenters. The number of ether oxygens (including phenoxy) is 2. The Kier molecular flexibility index (Phi) is 4.81. The maximum Gasteiger partial charge on any atom is 0.201 e. The molecule has 0 amide bonds. The lowest BCUT2D eigenvalue weighted by atomic mass is 10.3. The normalized spacial score (nSPS) is 22.2. The van der Waals surface area contributed by atoms with Crippen LogP contribution in [0.15, 0.2) is 5.38 Å². The van der Waals surface area contributed by atoms with E-state index in [-0.39, 0.29) is 6.29 Å². The highest BCUT2D eigenvalue weighted by atomic mass is 32.2. The van der Waals surface area contributed by atoms with Crippen molar-refractivity contribution in [3.8, 4) is 0 Å². The van der Waals surface area contributed by atoms with Crippen LogP contribution >= 0.6 is 23.1 Å². The molecule has 2 heterocycles. The summed E-state index contributed by atoms with van der Waals surface area (Å²) in [5, 5.41) is 3.19. The van der Waals surface area contributed by atoms with Crippen LogP contribution in [0.3, 0.4) is 0 Å². The van der Waals surface area contributed by atoms with Gasteiger partial charge in [0, 0.05) is 37.7 Å². The van der Waals surface area contributed by atoms with Gasteiger partial charge in [0.2, 0.25) is 6.29 Å².